The van der Waals surface area contributed by atoms with Crippen LogP contribution >= 0.6 is 0 Å². The Balaban J connectivity index is 3.03. The maximum absolute atomic E-state index is 13.6. The summed E-state index contributed by atoms with van der Waals surface area (Å²) in [6, 6.07) is 6.23. The highest BCUT2D eigenvalue weighted by Gasteiger charge is 2.20. The van der Waals surface area contributed by atoms with Crippen molar-refractivity contribution in [2.75, 3.05) is 18.0 Å². The normalized spacial score (nSPS) is 10.6. The first kappa shape index (κ1) is 12.6. The van der Waals surface area contributed by atoms with Crippen LogP contribution in [0.5, 0.6) is 0 Å². The molecule has 1 amide bonds. The number of hydrogen-bond acceptors (Lipinski definition) is 2. The first-order valence-electron chi connectivity index (χ1n) is 5.34. The number of amides is 1. The summed E-state index contributed by atoms with van der Waals surface area (Å²) in [5.41, 5.74) is 5.74. The minimum absolute atomic E-state index is 0.115. The zero-order valence-corrected chi connectivity index (χ0v) is 9.61. The lowest BCUT2D eigenvalue weighted by molar-refractivity contribution is -0.121. The summed E-state index contributed by atoms with van der Waals surface area (Å²) in [5.74, 6) is -0.688. The Morgan fingerprint density at radius 3 is 2.56 bits per heavy atom. The molecule has 4 heteroatoms. The third-order valence-corrected chi connectivity index (χ3v) is 2.26. The molecule has 0 radical (unpaired) electrons. The van der Waals surface area contributed by atoms with Crippen LogP contribution in [0.3, 0.4) is 0 Å². The second-order valence-corrected chi connectivity index (χ2v) is 3.88. The summed E-state index contributed by atoms with van der Waals surface area (Å²) in [6.07, 6.45) is 0. The molecule has 3 nitrogen and oxygen atoms in total. The van der Waals surface area contributed by atoms with Gasteiger partial charge in [0.2, 0.25) is 5.91 Å². The highest BCUT2D eigenvalue weighted by atomic mass is 19.1. The van der Waals surface area contributed by atoms with Crippen LogP contribution in [0, 0.1) is 11.7 Å². The monoisotopic (exact) mass is 224 g/mol. The molecule has 0 aromatic heterocycles. The molecule has 0 saturated heterocycles. The maximum Gasteiger partial charge on any atom is 0.229 e. The number of nitrogens with two attached hydrogens (primary N) is 1. The van der Waals surface area contributed by atoms with Crippen LogP contribution in [0.15, 0.2) is 24.3 Å². The topological polar surface area (TPSA) is 46.3 Å². The quantitative estimate of drug-likeness (QED) is 0.847. The minimum atomic E-state index is -0.398. The van der Waals surface area contributed by atoms with Gasteiger partial charge in [0.05, 0.1) is 5.69 Å². The Hall–Kier alpha value is -1.42. The molecule has 0 saturated carbocycles. The molecule has 88 valence electrons. The minimum Gasteiger partial charge on any atom is -0.329 e. The molecule has 1 aromatic carbocycles. The Morgan fingerprint density at radius 1 is 1.44 bits per heavy atom. The molecule has 1 rings (SSSR count). The van der Waals surface area contributed by atoms with Crippen LogP contribution < -0.4 is 10.6 Å². The van der Waals surface area contributed by atoms with Crippen molar-refractivity contribution >= 4 is 11.6 Å². The van der Waals surface area contributed by atoms with Gasteiger partial charge in [0, 0.05) is 19.0 Å². The largest absolute Gasteiger partial charge is 0.329 e. The molecule has 0 aliphatic heterocycles. The van der Waals surface area contributed by atoms with E-state index in [1.165, 1.54) is 11.0 Å². The average Bonchev–Trinajstić information content (AvgIpc) is 2.26. The van der Waals surface area contributed by atoms with Crippen LogP contribution in [0.25, 0.3) is 0 Å². The zero-order chi connectivity index (χ0) is 12.1. The number of nitrogens with zero attached hydrogens (tertiary/aromatic N) is 1. The van der Waals surface area contributed by atoms with Crippen molar-refractivity contribution in [1.29, 1.82) is 0 Å². The molecule has 0 bridgehead atoms. The van der Waals surface area contributed by atoms with E-state index in [9.17, 15) is 9.18 Å². The van der Waals surface area contributed by atoms with Crippen LogP contribution in [-0.4, -0.2) is 19.0 Å². The van der Waals surface area contributed by atoms with Gasteiger partial charge in [-0.1, -0.05) is 26.0 Å². The molecule has 0 aliphatic carbocycles. The van der Waals surface area contributed by atoms with Crippen molar-refractivity contribution in [3.05, 3.63) is 30.1 Å². The third kappa shape index (κ3) is 2.79. The third-order valence-electron chi connectivity index (χ3n) is 2.26. The zero-order valence-electron chi connectivity index (χ0n) is 9.61. The summed E-state index contributed by atoms with van der Waals surface area (Å²) in [7, 11) is 0. The van der Waals surface area contributed by atoms with Crippen molar-refractivity contribution in [2.45, 2.75) is 13.8 Å². The number of carbonyl (C=O) groups excluding carboxylic acids is 1. The molecular formula is C12H17FN2O. The smallest absolute Gasteiger partial charge is 0.229 e. The van der Waals surface area contributed by atoms with Crippen molar-refractivity contribution in [2.24, 2.45) is 11.7 Å². The molecule has 1 aromatic rings. The number of benzene rings is 1. The summed E-state index contributed by atoms with van der Waals surface area (Å²) in [5, 5.41) is 0. The molecule has 0 heterocycles. The standard InChI is InChI=1S/C12H17FN2O/c1-9(2)12(16)15(8-7-14)11-6-4-3-5-10(11)13/h3-6,9H,7-8,14H2,1-2H3. The van der Waals surface area contributed by atoms with Crippen molar-refractivity contribution in [1.82, 2.24) is 0 Å². The number of anilines is 1. The first-order valence-corrected chi connectivity index (χ1v) is 5.34. The van der Waals surface area contributed by atoms with Crippen LogP contribution in [0.4, 0.5) is 10.1 Å². The van der Waals surface area contributed by atoms with E-state index in [2.05, 4.69) is 0 Å². The molecule has 0 unspecified atom stereocenters. The fourth-order valence-electron chi connectivity index (χ4n) is 1.46. The fraction of sp³-hybridized carbons (Fsp3) is 0.417. The van der Waals surface area contributed by atoms with Gasteiger partial charge in [-0.05, 0) is 12.1 Å². The van der Waals surface area contributed by atoms with Gasteiger partial charge in [-0.15, -0.1) is 0 Å². The van der Waals surface area contributed by atoms with Crippen LogP contribution in [0.2, 0.25) is 0 Å². The number of para-hydroxylation sites is 1. The van der Waals surface area contributed by atoms with Gasteiger partial charge in [0.25, 0.3) is 0 Å². The summed E-state index contributed by atoms with van der Waals surface area (Å²) >= 11 is 0. The van der Waals surface area contributed by atoms with Crippen LogP contribution in [0.1, 0.15) is 13.8 Å². The van der Waals surface area contributed by atoms with Crippen LogP contribution in [-0.2, 0) is 4.79 Å². The first-order chi connectivity index (χ1) is 7.57. The van der Waals surface area contributed by atoms with E-state index in [0.717, 1.165) is 0 Å². The van der Waals surface area contributed by atoms with E-state index in [0.29, 0.717) is 18.8 Å². The highest BCUT2D eigenvalue weighted by molar-refractivity contribution is 5.94. The van der Waals surface area contributed by atoms with Gasteiger partial charge in [0.1, 0.15) is 5.82 Å². The van der Waals surface area contributed by atoms with Gasteiger partial charge in [-0.2, -0.15) is 0 Å². The van der Waals surface area contributed by atoms with Gasteiger partial charge < -0.3 is 10.6 Å². The molecule has 0 fully saturated rings. The molecule has 16 heavy (non-hydrogen) atoms. The fourth-order valence-corrected chi connectivity index (χ4v) is 1.46. The summed E-state index contributed by atoms with van der Waals surface area (Å²) < 4.78 is 13.6. The predicted molar refractivity (Wildman–Crippen MR) is 62.6 cm³/mol. The van der Waals surface area contributed by atoms with Gasteiger partial charge in [-0.3, -0.25) is 4.79 Å². The molecule has 0 aliphatic rings. The van der Waals surface area contributed by atoms with E-state index in [4.69, 9.17) is 5.73 Å². The van der Waals surface area contributed by atoms with Gasteiger partial charge >= 0.3 is 0 Å². The van der Waals surface area contributed by atoms with Crippen molar-refractivity contribution in [3.63, 3.8) is 0 Å². The Labute approximate surface area is 95.0 Å². The van der Waals surface area contributed by atoms with Gasteiger partial charge in [0.15, 0.2) is 0 Å². The van der Waals surface area contributed by atoms with Gasteiger partial charge in [-0.25, -0.2) is 4.39 Å². The lowest BCUT2D eigenvalue weighted by Gasteiger charge is -2.24. The molecular weight excluding hydrogens is 207 g/mol. The molecule has 2 N–H and O–H groups in total. The number of rotatable bonds is 4. The van der Waals surface area contributed by atoms with E-state index in [1.54, 1.807) is 32.0 Å². The van der Waals surface area contributed by atoms with E-state index in [1.807, 2.05) is 0 Å². The van der Waals surface area contributed by atoms with Crippen molar-refractivity contribution < 1.29 is 9.18 Å². The highest BCUT2D eigenvalue weighted by Crippen LogP contribution is 2.20. The molecule has 0 spiro atoms. The Kier molecular flexibility index (Phi) is 4.43. The molecule has 0 atom stereocenters. The number of carbonyl (C=O) groups is 1. The second kappa shape index (κ2) is 5.61. The average molecular weight is 224 g/mol. The van der Waals surface area contributed by atoms with Crippen molar-refractivity contribution in [3.8, 4) is 0 Å². The number of halogens is 1. The lowest BCUT2D eigenvalue weighted by atomic mass is 10.1. The van der Waals surface area contributed by atoms with E-state index >= 15 is 0 Å². The number of hydrogen-bond donors (Lipinski definition) is 1. The Morgan fingerprint density at radius 2 is 2.06 bits per heavy atom. The predicted octanol–water partition coefficient (Wildman–Crippen LogP) is 1.77. The Bertz CT molecular complexity index is 366. The summed E-state index contributed by atoms with van der Waals surface area (Å²) in [6.45, 7) is 4.21. The lowest BCUT2D eigenvalue weighted by Crippen LogP contribution is -2.38. The van der Waals surface area contributed by atoms with E-state index < -0.39 is 5.82 Å². The SMILES string of the molecule is CC(C)C(=O)N(CCN)c1ccccc1F. The maximum atomic E-state index is 13.6. The van der Waals surface area contributed by atoms with E-state index in [-0.39, 0.29) is 11.8 Å². The summed E-state index contributed by atoms with van der Waals surface area (Å²) in [4.78, 5) is 13.3. The second-order valence-electron chi connectivity index (χ2n) is 3.88.